The van der Waals surface area contributed by atoms with Crippen LogP contribution in [0.2, 0.25) is 0 Å². The summed E-state index contributed by atoms with van der Waals surface area (Å²) in [6.45, 7) is 4.01. The van der Waals surface area contributed by atoms with Crippen LogP contribution in [0.1, 0.15) is 51.5 Å². The molecule has 1 rings (SSSR count). The second-order valence-electron chi connectivity index (χ2n) is 9.26. The summed E-state index contributed by atoms with van der Waals surface area (Å²) >= 11 is 0. The zero-order valence-corrected chi connectivity index (χ0v) is 21.8. The molecule has 0 aliphatic rings. The van der Waals surface area contributed by atoms with Gasteiger partial charge in [0.1, 0.15) is 23.9 Å². The maximum absolute atomic E-state index is 13.1. The molecule has 5 unspecified atom stereocenters. The van der Waals surface area contributed by atoms with Crippen LogP contribution < -0.4 is 33.2 Å². The van der Waals surface area contributed by atoms with Gasteiger partial charge in [0.05, 0.1) is 12.5 Å². The summed E-state index contributed by atoms with van der Waals surface area (Å²) in [5.74, 6) is -4.82. The summed E-state index contributed by atoms with van der Waals surface area (Å²) in [7, 11) is 0. The van der Waals surface area contributed by atoms with E-state index in [9.17, 15) is 34.2 Å². The average Bonchev–Trinajstić information content (AvgIpc) is 2.86. The van der Waals surface area contributed by atoms with Gasteiger partial charge in [0.2, 0.25) is 23.6 Å². The standard InChI is InChI=1S/C25H40N6O7/c1-3-14(2)21(31-22(34)17(27)6-4-5-11-26)24(36)29-18(13-20(28)33)23(35)30-19(25(37)38)12-15-7-9-16(32)10-8-15/h7-10,14,17-19,21,32H,3-6,11-13,26-27H2,1-2H3,(H2,28,33)(H,29,36)(H,30,35)(H,31,34)(H,37,38). The summed E-state index contributed by atoms with van der Waals surface area (Å²) in [5.41, 5.74) is 17.2. The molecule has 1 aromatic carbocycles. The van der Waals surface area contributed by atoms with Gasteiger partial charge in [0.25, 0.3) is 0 Å². The molecule has 0 aromatic heterocycles. The second-order valence-corrected chi connectivity index (χ2v) is 9.26. The first-order valence-electron chi connectivity index (χ1n) is 12.5. The molecule has 0 spiro atoms. The second kappa shape index (κ2) is 16.2. The van der Waals surface area contributed by atoms with Gasteiger partial charge in [-0.25, -0.2) is 4.79 Å². The van der Waals surface area contributed by atoms with Gasteiger partial charge in [-0.2, -0.15) is 0 Å². The van der Waals surface area contributed by atoms with Gasteiger partial charge in [-0.15, -0.1) is 0 Å². The van der Waals surface area contributed by atoms with E-state index >= 15 is 0 Å². The van der Waals surface area contributed by atoms with Crippen molar-refractivity contribution in [3.05, 3.63) is 29.8 Å². The normalized spacial score (nSPS) is 14.8. The monoisotopic (exact) mass is 536 g/mol. The molecule has 0 aliphatic heterocycles. The number of phenols is 1. The Bertz CT molecular complexity index is 956. The quantitative estimate of drug-likeness (QED) is 0.112. The van der Waals surface area contributed by atoms with E-state index in [1.807, 2.05) is 6.92 Å². The third-order valence-corrected chi connectivity index (χ3v) is 6.13. The largest absolute Gasteiger partial charge is 0.508 e. The van der Waals surface area contributed by atoms with E-state index in [0.29, 0.717) is 37.8 Å². The van der Waals surface area contributed by atoms with Gasteiger partial charge in [-0.05, 0) is 43.0 Å². The van der Waals surface area contributed by atoms with Crippen molar-refractivity contribution in [3.63, 3.8) is 0 Å². The molecule has 0 fully saturated rings. The van der Waals surface area contributed by atoms with Crippen LogP contribution in [-0.2, 0) is 30.4 Å². The number of aromatic hydroxyl groups is 1. The predicted molar refractivity (Wildman–Crippen MR) is 139 cm³/mol. The van der Waals surface area contributed by atoms with Crippen LogP contribution >= 0.6 is 0 Å². The van der Waals surface area contributed by atoms with Gasteiger partial charge in [0.15, 0.2) is 0 Å². The number of phenolic OH excluding ortho intramolecular Hbond substituents is 1. The van der Waals surface area contributed by atoms with Gasteiger partial charge < -0.3 is 43.4 Å². The number of carboxylic acid groups (broad SMARTS) is 1. The molecule has 1 aromatic rings. The minimum Gasteiger partial charge on any atom is -0.508 e. The maximum atomic E-state index is 13.1. The van der Waals surface area contributed by atoms with Crippen molar-refractivity contribution in [1.82, 2.24) is 16.0 Å². The van der Waals surface area contributed by atoms with E-state index in [1.54, 1.807) is 6.92 Å². The minimum atomic E-state index is -1.48. The highest BCUT2D eigenvalue weighted by Gasteiger charge is 2.33. The lowest BCUT2D eigenvalue weighted by Gasteiger charge is -2.27. The molecule has 11 N–H and O–H groups in total. The van der Waals surface area contributed by atoms with Gasteiger partial charge >= 0.3 is 5.97 Å². The maximum Gasteiger partial charge on any atom is 0.326 e. The van der Waals surface area contributed by atoms with Crippen molar-refractivity contribution in [2.24, 2.45) is 23.1 Å². The fourth-order valence-corrected chi connectivity index (χ4v) is 3.61. The summed E-state index contributed by atoms with van der Waals surface area (Å²) < 4.78 is 0. The highest BCUT2D eigenvalue weighted by Crippen LogP contribution is 2.13. The van der Waals surface area contributed by atoms with E-state index in [1.165, 1.54) is 24.3 Å². The molecule has 0 aliphatic carbocycles. The Labute approximate surface area is 221 Å². The van der Waals surface area contributed by atoms with Gasteiger partial charge in [-0.1, -0.05) is 38.8 Å². The van der Waals surface area contributed by atoms with E-state index < -0.39 is 60.2 Å². The summed E-state index contributed by atoms with van der Waals surface area (Å²) in [4.78, 5) is 62.1. The Morgan fingerprint density at radius 2 is 1.53 bits per heavy atom. The molecule has 13 heteroatoms. The number of carbonyl (C=O) groups is 5. The van der Waals surface area contributed by atoms with Crippen molar-refractivity contribution in [2.45, 2.75) is 76.5 Å². The molecule has 0 heterocycles. The molecule has 0 bridgehead atoms. The van der Waals surface area contributed by atoms with Gasteiger partial charge in [-0.3, -0.25) is 19.2 Å². The van der Waals surface area contributed by atoms with E-state index in [-0.39, 0.29) is 18.1 Å². The number of carbonyl (C=O) groups excluding carboxylic acids is 4. The zero-order chi connectivity index (χ0) is 28.8. The number of carboxylic acids is 1. The summed E-state index contributed by atoms with van der Waals surface area (Å²) in [6, 6.07) is 0.948. The minimum absolute atomic E-state index is 0.00614. The molecule has 0 radical (unpaired) electrons. The number of hydrogen-bond donors (Lipinski definition) is 8. The van der Waals surface area contributed by atoms with Crippen LogP contribution in [0.4, 0.5) is 0 Å². The third kappa shape index (κ3) is 11.1. The Morgan fingerprint density at radius 1 is 0.921 bits per heavy atom. The fourth-order valence-electron chi connectivity index (χ4n) is 3.61. The topological polar surface area (TPSA) is 240 Å². The van der Waals surface area contributed by atoms with E-state index in [4.69, 9.17) is 17.2 Å². The number of benzene rings is 1. The number of hydrogen-bond acceptors (Lipinski definition) is 8. The molecule has 0 saturated heterocycles. The summed E-state index contributed by atoms with van der Waals surface area (Å²) in [6.07, 6.45) is 1.50. The van der Waals surface area contributed by atoms with Crippen LogP contribution in [-0.4, -0.2) is 70.5 Å². The van der Waals surface area contributed by atoms with Crippen LogP contribution in [0.15, 0.2) is 24.3 Å². The van der Waals surface area contributed by atoms with Gasteiger partial charge in [0, 0.05) is 6.42 Å². The van der Waals surface area contributed by atoms with Crippen molar-refractivity contribution in [1.29, 1.82) is 0 Å². The van der Waals surface area contributed by atoms with Crippen LogP contribution in [0.3, 0.4) is 0 Å². The van der Waals surface area contributed by atoms with Crippen molar-refractivity contribution >= 4 is 29.6 Å². The fraction of sp³-hybridized carbons (Fsp3) is 0.560. The molecule has 4 amide bonds. The molecule has 38 heavy (non-hydrogen) atoms. The van der Waals surface area contributed by atoms with Crippen molar-refractivity contribution in [3.8, 4) is 5.75 Å². The van der Waals surface area contributed by atoms with Crippen molar-refractivity contribution in [2.75, 3.05) is 6.54 Å². The Kier molecular flexibility index (Phi) is 13.8. The van der Waals surface area contributed by atoms with Crippen molar-refractivity contribution < 1.29 is 34.2 Å². The SMILES string of the molecule is CCC(C)C(NC(=O)C(N)CCCCN)C(=O)NC(CC(N)=O)C(=O)NC(Cc1ccc(O)cc1)C(=O)O. The van der Waals surface area contributed by atoms with Crippen LogP contribution in [0.25, 0.3) is 0 Å². The number of rotatable bonds is 17. The molecular formula is C25H40N6O7. The number of primary amides is 1. The van der Waals surface area contributed by atoms with E-state index in [2.05, 4.69) is 16.0 Å². The lowest BCUT2D eigenvalue weighted by atomic mass is 9.96. The smallest absolute Gasteiger partial charge is 0.326 e. The molecule has 212 valence electrons. The highest BCUT2D eigenvalue weighted by atomic mass is 16.4. The zero-order valence-electron chi connectivity index (χ0n) is 21.8. The van der Waals surface area contributed by atoms with Crippen LogP contribution in [0.5, 0.6) is 5.75 Å². The van der Waals surface area contributed by atoms with Crippen LogP contribution in [0, 0.1) is 5.92 Å². The van der Waals surface area contributed by atoms with E-state index in [0.717, 1.165) is 0 Å². The molecule has 5 atom stereocenters. The predicted octanol–water partition coefficient (Wildman–Crippen LogP) is -1.15. The average molecular weight is 537 g/mol. The number of nitrogens with one attached hydrogen (secondary N) is 3. The Morgan fingerprint density at radius 3 is 2.05 bits per heavy atom. The summed E-state index contributed by atoms with van der Waals surface area (Å²) in [5, 5.41) is 26.4. The molecule has 0 saturated carbocycles. The number of aliphatic carboxylic acids is 1. The number of amides is 4. The first kappa shape index (κ1) is 32.3. The molecule has 13 nitrogen and oxygen atoms in total. The highest BCUT2D eigenvalue weighted by molar-refractivity contribution is 5.96. The number of unbranched alkanes of at least 4 members (excludes halogenated alkanes) is 1. The molecular weight excluding hydrogens is 496 g/mol. The first-order valence-corrected chi connectivity index (χ1v) is 12.5. The lowest BCUT2D eigenvalue weighted by Crippen LogP contribution is -2.59. The number of nitrogens with two attached hydrogens (primary N) is 3. The third-order valence-electron chi connectivity index (χ3n) is 6.13. The Hall–Kier alpha value is -3.71. The Balaban J connectivity index is 3.00. The lowest BCUT2D eigenvalue weighted by molar-refractivity contribution is -0.142. The first-order chi connectivity index (χ1) is 17.9.